The Kier molecular flexibility index (Phi) is 4.16. The first-order valence-electron chi connectivity index (χ1n) is 6.62. The SMILES string of the molecule is CC/C=C(/CC)C(O)c1cccc2ccccc12. The molecule has 1 heteroatoms. The number of aliphatic hydroxyl groups excluding tert-OH is 1. The largest absolute Gasteiger partial charge is 0.384 e. The number of rotatable bonds is 4. The van der Waals surface area contributed by atoms with Gasteiger partial charge < -0.3 is 5.11 Å². The second-order valence-electron chi connectivity index (χ2n) is 4.51. The van der Waals surface area contributed by atoms with E-state index in [-0.39, 0.29) is 0 Å². The quantitative estimate of drug-likeness (QED) is 0.773. The van der Waals surface area contributed by atoms with Gasteiger partial charge in [-0.25, -0.2) is 0 Å². The summed E-state index contributed by atoms with van der Waals surface area (Å²) in [5, 5.41) is 12.9. The second kappa shape index (κ2) is 5.83. The number of allylic oxidation sites excluding steroid dienone is 1. The molecule has 2 aromatic carbocycles. The molecule has 18 heavy (non-hydrogen) atoms. The van der Waals surface area contributed by atoms with Crippen LogP contribution in [0.15, 0.2) is 54.1 Å². The zero-order chi connectivity index (χ0) is 13.0. The minimum atomic E-state index is -0.485. The number of benzene rings is 2. The first kappa shape index (κ1) is 12.8. The summed E-state index contributed by atoms with van der Waals surface area (Å²) in [6, 6.07) is 14.3. The summed E-state index contributed by atoms with van der Waals surface area (Å²) < 4.78 is 0. The molecule has 1 N–H and O–H groups in total. The highest BCUT2D eigenvalue weighted by Gasteiger charge is 2.13. The molecule has 0 aliphatic carbocycles. The zero-order valence-corrected chi connectivity index (χ0v) is 11.1. The molecule has 0 fully saturated rings. The van der Waals surface area contributed by atoms with Crippen molar-refractivity contribution in [2.24, 2.45) is 0 Å². The van der Waals surface area contributed by atoms with E-state index in [9.17, 15) is 5.11 Å². The molecule has 0 aliphatic heterocycles. The number of fused-ring (bicyclic) bond motifs is 1. The van der Waals surface area contributed by atoms with Crippen LogP contribution in [0.1, 0.15) is 38.4 Å². The summed E-state index contributed by atoms with van der Waals surface area (Å²) in [5.41, 5.74) is 2.11. The molecule has 0 amide bonds. The molecule has 1 unspecified atom stereocenters. The normalized spacial score (nSPS) is 13.8. The maximum atomic E-state index is 10.5. The fraction of sp³-hybridized carbons (Fsp3) is 0.294. The van der Waals surface area contributed by atoms with Gasteiger partial charge in [0.1, 0.15) is 6.10 Å². The van der Waals surface area contributed by atoms with E-state index in [1.165, 1.54) is 5.39 Å². The highest BCUT2D eigenvalue weighted by molar-refractivity contribution is 5.86. The van der Waals surface area contributed by atoms with Crippen molar-refractivity contribution >= 4 is 10.8 Å². The smallest absolute Gasteiger partial charge is 0.101 e. The van der Waals surface area contributed by atoms with E-state index in [0.717, 1.165) is 29.4 Å². The minimum Gasteiger partial charge on any atom is -0.384 e. The molecule has 0 aliphatic rings. The van der Waals surface area contributed by atoms with Gasteiger partial charge in [-0.15, -0.1) is 0 Å². The molecule has 1 nitrogen and oxygen atoms in total. The van der Waals surface area contributed by atoms with Gasteiger partial charge in [-0.05, 0) is 34.8 Å². The van der Waals surface area contributed by atoms with Gasteiger partial charge in [-0.2, -0.15) is 0 Å². The van der Waals surface area contributed by atoms with E-state index in [1.54, 1.807) is 0 Å². The summed E-state index contributed by atoms with van der Waals surface area (Å²) in [5.74, 6) is 0. The van der Waals surface area contributed by atoms with E-state index in [0.29, 0.717) is 0 Å². The van der Waals surface area contributed by atoms with E-state index in [4.69, 9.17) is 0 Å². The Balaban J connectivity index is 2.50. The van der Waals surface area contributed by atoms with Gasteiger partial charge in [0, 0.05) is 0 Å². The van der Waals surface area contributed by atoms with Crippen LogP contribution in [0.5, 0.6) is 0 Å². The maximum Gasteiger partial charge on any atom is 0.101 e. The lowest BCUT2D eigenvalue weighted by Gasteiger charge is -2.16. The highest BCUT2D eigenvalue weighted by atomic mass is 16.3. The standard InChI is InChI=1S/C17H20O/c1-3-8-13(4-2)17(18)16-12-7-10-14-9-5-6-11-15(14)16/h5-12,17-18H,3-4H2,1-2H3/b13-8-. The molecule has 1 atom stereocenters. The topological polar surface area (TPSA) is 20.2 Å². The van der Waals surface area contributed by atoms with Crippen molar-refractivity contribution in [2.45, 2.75) is 32.8 Å². The summed E-state index contributed by atoms with van der Waals surface area (Å²) in [4.78, 5) is 0. The number of hydrogen-bond acceptors (Lipinski definition) is 1. The summed E-state index contributed by atoms with van der Waals surface area (Å²) in [6.07, 6.45) is 3.50. The number of aliphatic hydroxyl groups is 1. The van der Waals surface area contributed by atoms with E-state index in [1.807, 2.05) is 24.3 Å². The van der Waals surface area contributed by atoms with Crippen molar-refractivity contribution in [1.29, 1.82) is 0 Å². The van der Waals surface area contributed by atoms with Crippen molar-refractivity contribution in [3.8, 4) is 0 Å². The average molecular weight is 240 g/mol. The third kappa shape index (κ3) is 2.46. The Hall–Kier alpha value is -1.60. The summed E-state index contributed by atoms with van der Waals surface area (Å²) in [6.45, 7) is 4.20. The van der Waals surface area contributed by atoms with Crippen molar-refractivity contribution < 1.29 is 5.11 Å². The van der Waals surface area contributed by atoms with Crippen molar-refractivity contribution in [2.75, 3.05) is 0 Å². The average Bonchev–Trinajstić information content (AvgIpc) is 2.43. The van der Waals surface area contributed by atoms with Crippen LogP contribution < -0.4 is 0 Å². The Labute approximate surface area is 109 Å². The summed E-state index contributed by atoms with van der Waals surface area (Å²) in [7, 11) is 0. The fourth-order valence-corrected chi connectivity index (χ4v) is 2.40. The summed E-state index contributed by atoms with van der Waals surface area (Å²) >= 11 is 0. The molecule has 0 spiro atoms. The van der Waals surface area contributed by atoms with Gasteiger partial charge in [0.2, 0.25) is 0 Å². The molecule has 2 rings (SSSR count). The van der Waals surface area contributed by atoms with Gasteiger partial charge in [0.15, 0.2) is 0 Å². The van der Waals surface area contributed by atoms with Gasteiger partial charge in [-0.3, -0.25) is 0 Å². The highest BCUT2D eigenvalue weighted by Crippen LogP contribution is 2.30. The van der Waals surface area contributed by atoms with Crippen LogP contribution in [0.3, 0.4) is 0 Å². The molecule has 0 heterocycles. The molecule has 94 valence electrons. The van der Waals surface area contributed by atoms with Crippen LogP contribution in [0.4, 0.5) is 0 Å². The first-order valence-corrected chi connectivity index (χ1v) is 6.62. The molecule has 0 bridgehead atoms. The molecular weight excluding hydrogens is 220 g/mol. The second-order valence-corrected chi connectivity index (χ2v) is 4.51. The van der Waals surface area contributed by atoms with Crippen molar-refractivity contribution in [1.82, 2.24) is 0 Å². The fourth-order valence-electron chi connectivity index (χ4n) is 2.40. The van der Waals surface area contributed by atoms with Crippen molar-refractivity contribution in [3.05, 3.63) is 59.7 Å². The first-order chi connectivity index (χ1) is 8.77. The lowest BCUT2D eigenvalue weighted by Crippen LogP contribution is -2.02. The molecule has 0 radical (unpaired) electrons. The minimum absolute atomic E-state index is 0.485. The lowest BCUT2D eigenvalue weighted by atomic mass is 9.94. The predicted octanol–water partition coefficient (Wildman–Crippen LogP) is 4.62. The Bertz CT molecular complexity index is 549. The van der Waals surface area contributed by atoms with E-state index in [2.05, 4.69) is 38.1 Å². The van der Waals surface area contributed by atoms with Crippen LogP contribution in [0, 0.1) is 0 Å². The monoisotopic (exact) mass is 240 g/mol. The van der Waals surface area contributed by atoms with Crippen LogP contribution in [-0.2, 0) is 0 Å². The maximum absolute atomic E-state index is 10.5. The van der Waals surface area contributed by atoms with E-state index < -0.39 is 6.10 Å². The van der Waals surface area contributed by atoms with Gasteiger partial charge in [0.05, 0.1) is 0 Å². The van der Waals surface area contributed by atoms with Gasteiger partial charge in [-0.1, -0.05) is 62.4 Å². The van der Waals surface area contributed by atoms with Crippen LogP contribution in [0.2, 0.25) is 0 Å². The van der Waals surface area contributed by atoms with E-state index >= 15 is 0 Å². The van der Waals surface area contributed by atoms with Gasteiger partial charge in [0.25, 0.3) is 0 Å². The third-order valence-electron chi connectivity index (χ3n) is 3.34. The Morgan fingerprint density at radius 2 is 1.83 bits per heavy atom. The lowest BCUT2D eigenvalue weighted by molar-refractivity contribution is 0.213. The Morgan fingerprint density at radius 3 is 2.56 bits per heavy atom. The van der Waals surface area contributed by atoms with Crippen LogP contribution in [0.25, 0.3) is 10.8 Å². The van der Waals surface area contributed by atoms with Crippen LogP contribution in [-0.4, -0.2) is 5.11 Å². The van der Waals surface area contributed by atoms with Crippen LogP contribution >= 0.6 is 0 Å². The van der Waals surface area contributed by atoms with Gasteiger partial charge >= 0.3 is 0 Å². The molecule has 0 saturated carbocycles. The zero-order valence-electron chi connectivity index (χ0n) is 11.1. The molecule has 2 aromatic rings. The third-order valence-corrected chi connectivity index (χ3v) is 3.34. The number of hydrogen-bond donors (Lipinski definition) is 1. The molecule has 0 aromatic heterocycles. The predicted molar refractivity (Wildman–Crippen MR) is 77.6 cm³/mol. The molecular formula is C17H20O. The molecule has 0 saturated heterocycles. The van der Waals surface area contributed by atoms with Crippen molar-refractivity contribution in [3.63, 3.8) is 0 Å². The Morgan fingerprint density at radius 1 is 1.11 bits per heavy atom.